The van der Waals surface area contributed by atoms with Crippen LogP contribution in [0.5, 0.6) is 0 Å². The van der Waals surface area contributed by atoms with Crippen molar-refractivity contribution in [1.82, 2.24) is 0 Å². The fourth-order valence-corrected chi connectivity index (χ4v) is 2.61. The van der Waals surface area contributed by atoms with Crippen molar-refractivity contribution in [3.05, 3.63) is 34.3 Å². The molecular formula is C13H17BrO2. The predicted octanol–water partition coefficient (Wildman–Crippen LogP) is 4.05. The van der Waals surface area contributed by atoms with Gasteiger partial charge in [0, 0.05) is 4.47 Å². The van der Waals surface area contributed by atoms with E-state index in [-0.39, 0.29) is 5.92 Å². The third kappa shape index (κ3) is 2.85. The standard InChI is InChI=1S/C13H17BrO2/c1-3-9(4-2)12(13(15)16)10-7-5-6-8-11(10)14/h5-9,12H,3-4H2,1-2H3,(H,15,16). The van der Waals surface area contributed by atoms with Crippen LogP contribution < -0.4 is 0 Å². The number of halogens is 1. The molecule has 0 radical (unpaired) electrons. The molecule has 1 aromatic carbocycles. The summed E-state index contributed by atoms with van der Waals surface area (Å²) in [5.41, 5.74) is 0.878. The van der Waals surface area contributed by atoms with Crippen molar-refractivity contribution < 1.29 is 9.90 Å². The van der Waals surface area contributed by atoms with Crippen LogP contribution in [-0.4, -0.2) is 11.1 Å². The second-order valence-corrected chi connectivity index (χ2v) is 4.77. The lowest BCUT2D eigenvalue weighted by molar-refractivity contribution is -0.140. The minimum Gasteiger partial charge on any atom is -0.481 e. The zero-order chi connectivity index (χ0) is 12.1. The van der Waals surface area contributed by atoms with Gasteiger partial charge in [-0.05, 0) is 17.5 Å². The molecule has 1 rings (SSSR count). The maximum Gasteiger partial charge on any atom is 0.311 e. The molecule has 2 nitrogen and oxygen atoms in total. The van der Waals surface area contributed by atoms with E-state index in [1.165, 1.54) is 0 Å². The Morgan fingerprint density at radius 3 is 2.31 bits per heavy atom. The van der Waals surface area contributed by atoms with E-state index in [2.05, 4.69) is 15.9 Å². The van der Waals surface area contributed by atoms with Gasteiger partial charge in [-0.2, -0.15) is 0 Å². The van der Waals surface area contributed by atoms with Crippen molar-refractivity contribution in [2.75, 3.05) is 0 Å². The largest absolute Gasteiger partial charge is 0.481 e. The van der Waals surface area contributed by atoms with Gasteiger partial charge >= 0.3 is 5.97 Å². The smallest absolute Gasteiger partial charge is 0.311 e. The van der Waals surface area contributed by atoms with E-state index in [0.29, 0.717) is 0 Å². The fraction of sp³-hybridized carbons (Fsp3) is 0.462. The maximum absolute atomic E-state index is 11.4. The molecule has 88 valence electrons. The van der Waals surface area contributed by atoms with E-state index < -0.39 is 11.9 Å². The van der Waals surface area contributed by atoms with Crippen LogP contribution in [0.3, 0.4) is 0 Å². The molecule has 0 aliphatic heterocycles. The maximum atomic E-state index is 11.4. The lowest BCUT2D eigenvalue weighted by Gasteiger charge is -2.22. The zero-order valence-electron chi connectivity index (χ0n) is 9.61. The molecule has 0 saturated heterocycles. The topological polar surface area (TPSA) is 37.3 Å². The second kappa shape index (κ2) is 6.04. The highest BCUT2D eigenvalue weighted by atomic mass is 79.9. The molecule has 0 aromatic heterocycles. The van der Waals surface area contributed by atoms with Crippen LogP contribution in [0.15, 0.2) is 28.7 Å². The Kier molecular flexibility index (Phi) is 5.00. The molecule has 0 aliphatic rings. The van der Waals surface area contributed by atoms with Crippen molar-refractivity contribution in [2.24, 2.45) is 5.92 Å². The summed E-state index contributed by atoms with van der Waals surface area (Å²) in [7, 11) is 0. The van der Waals surface area contributed by atoms with Gasteiger partial charge in [-0.15, -0.1) is 0 Å². The molecule has 0 bridgehead atoms. The number of aliphatic carboxylic acids is 1. The van der Waals surface area contributed by atoms with Crippen molar-refractivity contribution in [1.29, 1.82) is 0 Å². The number of hydrogen-bond acceptors (Lipinski definition) is 1. The molecule has 0 fully saturated rings. The Morgan fingerprint density at radius 2 is 1.88 bits per heavy atom. The molecule has 0 heterocycles. The Hall–Kier alpha value is -0.830. The number of hydrogen-bond donors (Lipinski definition) is 1. The molecular weight excluding hydrogens is 268 g/mol. The third-order valence-electron chi connectivity index (χ3n) is 3.03. The summed E-state index contributed by atoms with van der Waals surface area (Å²) in [6.07, 6.45) is 1.77. The first kappa shape index (κ1) is 13.2. The van der Waals surface area contributed by atoms with E-state index in [4.69, 9.17) is 0 Å². The van der Waals surface area contributed by atoms with E-state index in [0.717, 1.165) is 22.9 Å². The lowest BCUT2D eigenvalue weighted by Crippen LogP contribution is -2.21. The van der Waals surface area contributed by atoms with Gasteiger partial charge in [0.1, 0.15) is 0 Å². The van der Waals surface area contributed by atoms with E-state index in [1.54, 1.807) is 0 Å². The lowest BCUT2D eigenvalue weighted by atomic mass is 9.83. The van der Waals surface area contributed by atoms with Crippen molar-refractivity contribution >= 4 is 21.9 Å². The monoisotopic (exact) mass is 284 g/mol. The summed E-state index contributed by atoms with van der Waals surface area (Å²) in [5.74, 6) is -0.956. The van der Waals surface area contributed by atoms with Crippen LogP contribution >= 0.6 is 15.9 Å². The molecule has 1 unspecified atom stereocenters. The Balaban J connectivity index is 3.12. The summed E-state index contributed by atoms with van der Waals surface area (Å²) in [6, 6.07) is 7.58. The average molecular weight is 285 g/mol. The van der Waals surface area contributed by atoms with Gasteiger partial charge in [0.25, 0.3) is 0 Å². The van der Waals surface area contributed by atoms with Gasteiger partial charge < -0.3 is 5.11 Å². The van der Waals surface area contributed by atoms with Gasteiger partial charge in [0.2, 0.25) is 0 Å². The highest BCUT2D eigenvalue weighted by Crippen LogP contribution is 2.34. The molecule has 1 atom stereocenters. The fourth-order valence-electron chi connectivity index (χ4n) is 2.08. The minimum absolute atomic E-state index is 0.191. The molecule has 3 heteroatoms. The van der Waals surface area contributed by atoms with E-state index >= 15 is 0 Å². The van der Waals surface area contributed by atoms with Gasteiger partial charge in [0.15, 0.2) is 0 Å². The number of carboxylic acids is 1. The first-order valence-corrected chi connectivity index (χ1v) is 6.38. The van der Waals surface area contributed by atoms with E-state index in [1.807, 2.05) is 38.1 Å². The highest BCUT2D eigenvalue weighted by molar-refractivity contribution is 9.10. The SMILES string of the molecule is CCC(CC)C(C(=O)O)c1ccccc1Br. The Bertz CT molecular complexity index is 359. The molecule has 1 N–H and O–H groups in total. The summed E-state index contributed by atoms with van der Waals surface area (Å²) >= 11 is 3.43. The first-order chi connectivity index (χ1) is 7.61. The van der Waals surface area contributed by atoms with Gasteiger partial charge in [-0.25, -0.2) is 0 Å². The van der Waals surface area contributed by atoms with Gasteiger partial charge in [-0.3, -0.25) is 4.79 Å². The Labute approximate surface area is 105 Å². The molecule has 0 aliphatic carbocycles. The van der Waals surface area contributed by atoms with Crippen LogP contribution in [0.4, 0.5) is 0 Å². The first-order valence-electron chi connectivity index (χ1n) is 5.59. The molecule has 1 aromatic rings. The number of rotatable bonds is 5. The van der Waals surface area contributed by atoms with Crippen molar-refractivity contribution in [3.63, 3.8) is 0 Å². The van der Waals surface area contributed by atoms with E-state index in [9.17, 15) is 9.90 Å². The number of carbonyl (C=O) groups is 1. The summed E-state index contributed by atoms with van der Waals surface area (Å²) < 4.78 is 0.884. The third-order valence-corrected chi connectivity index (χ3v) is 3.75. The summed E-state index contributed by atoms with van der Waals surface area (Å²) in [4.78, 5) is 11.4. The summed E-state index contributed by atoms with van der Waals surface area (Å²) in [5, 5.41) is 9.36. The zero-order valence-corrected chi connectivity index (χ0v) is 11.2. The van der Waals surface area contributed by atoms with Crippen LogP contribution in [0.1, 0.15) is 38.2 Å². The quantitative estimate of drug-likeness (QED) is 0.886. The van der Waals surface area contributed by atoms with Crippen LogP contribution in [0.2, 0.25) is 0 Å². The molecule has 16 heavy (non-hydrogen) atoms. The highest BCUT2D eigenvalue weighted by Gasteiger charge is 2.28. The normalized spacial score (nSPS) is 12.8. The van der Waals surface area contributed by atoms with Gasteiger partial charge in [0.05, 0.1) is 5.92 Å². The Morgan fingerprint density at radius 1 is 1.31 bits per heavy atom. The van der Waals surface area contributed by atoms with Crippen LogP contribution in [0.25, 0.3) is 0 Å². The van der Waals surface area contributed by atoms with Crippen LogP contribution in [0, 0.1) is 5.92 Å². The average Bonchev–Trinajstić information content (AvgIpc) is 2.27. The van der Waals surface area contributed by atoms with Crippen molar-refractivity contribution in [3.8, 4) is 0 Å². The number of carboxylic acid groups (broad SMARTS) is 1. The summed E-state index contributed by atoms with van der Waals surface area (Å²) in [6.45, 7) is 4.09. The second-order valence-electron chi connectivity index (χ2n) is 3.91. The molecule has 0 spiro atoms. The molecule has 0 amide bonds. The van der Waals surface area contributed by atoms with Gasteiger partial charge in [-0.1, -0.05) is 60.8 Å². The number of benzene rings is 1. The minimum atomic E-state index is -0.736. The molecule has 0 saturated carbocycles. The predicted molar refractivity (Wildman–Crippen MR) is 68.6 cm³/mol. The van der Waals surface area contributed by atoms with Crippen molar-refractivity contribution in [2.45, 2.75) is 32.6 Å². The van der Waals surface area contributed by atoms with Crippen LogP contribution in [-0.2, 0) is 4.79 Å².